The quantitative estimate of drug-likeness (QED) is 0.879. The third-order valence-corrected chi connectivity index (χ3v) is 3.66. The van der Waals surface area contributed by atoms with E-state index in [0.717, 1.165) is 13.0 Å². The molecule has 0 spiro atoms. The number of para-hydroxylation sites is 1. The molecule has 1 heterocycles. The van der Waals surface area contributed by atoms with E-state index in [1.165, 1.54) is 16.8 Å². The highest BCUT2D eigenvalue weighted by Gasteiger charge is 2.27. The Kier molecular flexibility index (Phi) is 3.51. The molecule has 2 heteroatoms. The first kappa shape index (κ1) is 12.2. The van der Waals surface area contributed by atoms with Gasteiger partial charge in [0.2, 0.25) is 0 Å². The smallest absolute Gasteiger partial charge is 0.0867 e. The van der Waals surface area contributed by atoms with Crippen LogP contribution in [0.15, 0.2) is 54.6 Å². The summed E-state index contributed by atoms with van der Waals surface area (Å²) < 4.78 is 5.92. The van der Waals surface area contributed by atoms with Gasteiger partial charge < -0.3 is 10.1 Å². The second-order valence-electron chi connectivity index (χ2n) is 4.87. The summed E-state index contributed by atoms with van der Waals surface area (Å²) in [6, 6.07) is 19.4. The summed E-state index contributed by atoms with van der Waals surface area (Å²) in [4.78, 5) is 0. The van der Waals surface area contributed by atoms with E-state index >= 15 is 0 Å². The zero-order valence-electron chi connectivity index (χ0n) is 11.2. The Bertz CT molecular complexity index is 538. The largest absolute Gasteiger partial charge is 0.378 e. The molecule has 1 unspecified atom stereocenters. The van der Waals surface area contributed by atoms with Gasteiger partial charge in [-0.25, -0.2) is 0 Å². The summed E-state index contributed by atoms with van der Waals surface area (Å²) in [6.07, 6.45) is 1.17. The Morgan fingerprint density at radius 1 is 1.05 bits per heavy atom. The van der Waals surface area contributed by atoms with Gasteiger partial charge in [-0.05, 0) is 18.6 Å². The van der Waals surface area contributed by atoms with E-state index in [1.807, 2.05) is 0 Å². The highest BCUT2D eigenvalue weighted by atomic mass is 16.5. The fourth-order valence-electron chi connectivity index (χ4n) is 2.76. The topological polar surface area (TPSA) is 21.3 Å². The molecule has 0 amide bonds. The van der Waals surface area contributed by atoms with Gasteiger partial charge in [-0.1, -0.05) is 48.5 Å². The molecule has 0 aliphatic carbocycles. The van der Waals surface area contributed by atoms with Crippen LogP contribution in [0.2, 0.25) is 0 Å². The molecule has 1 N–H and O–H groups in total. The molecule has 98 valence electrons. The van der Waals surface area contributed by atoms with Crippen molar-refractivity contribution in [2.45, 2.75) is 25.5 Å². The monoisotopic (exact) mass is 253 g/mol. The highest BCUT2D eigenvalue weighted by Crippen LogP contribution is 2.40. The molecule has 2 atom stereocenters. The first-order chi connectivity index (χ1) is 9.38. The molecule has 1 aliphatic rings. The molecule has 0 saturated carbocycles. The van der Waals surface area contributed by atoms with Crippen LogP contribution in [0.25, 0.3) is 0 Å². The van der Waals surface area contributed by atoms with Crippen molar-refractivity contribution in [3.05, 3.63) is 65.7 Å². The molecule has 3 rings (SSSR count). The van der Waals surface area contributed by atoms with Gasteiger partial charge in [-0.2, -0.15) is 0 Å². The van der Waals surface area contributed by atoms with Crippen LogP contribution in [-0.2, 0) is 4.74 Å². The van der Waals surface area contributed by atoms with Crippen molar-refractivity contribution < 1.29 is 4.74 Å². The van der Waals surface area contributed by atoms with Crippen molar-refractivity contribution in [3.63, 3.8) is 0 Å². The van der Waals surface area contributed by atoms with Crippen molar-refractivity contribution >= 4 is 5.69 Å². The Labute approximate surface area is 114 Å². The normalized spacial score (nSPS) is 21.5. The van der Waals surface area contributed by atoms with Gasteiger partial charge in [0.05, 0.1) is 12.1 Å². The van der Waals surface area contributed by atoms with Crippen LogP contribution in [0, 0.1) is 0 Å². The Balaban J connectivity index is 1.92. The van der Waals surface area contributed by atoms with Gasteiger partial charge in [0.15, 0.2) is 0 Å². The summed E-state index contributed by atoms with van der Waals surface area (Å²) in [5, 5.41) is 3.62. The number of hydrogen-bond donors (Lipinski definition) is 1. The number of anilines is 1. The molecular formula is C17H19NO. The first-order valence-electron chi connectivity index (χ1n) is 6.90. The van der Waals surface area contributed by atoms with E-state index in [1.54, 1.807) is 0 Å². The Morgan fingerprint density at radius 2 is 1.79 bits per heavy atom. The SMILES string of the molecule is CCOC1C[C@H](c2ccccc2)Nc2ccccc21. The number of rotatable bonds is 3. The van der Waals surface area contributed by atoms with Crippen molar-refractivity contribution in [1.82, 2.24) is 0 Å². The van der Waals surface area contributed by atoms with E-state index in [9.17, 15) is 0 Å². The lowest BCUT2D eigenvalue weighted by atomic mass is 9.91. The molecule has 0 saturated heterocycles. The molecule has 2 aromatic carbocycles. The molecule has 19 heavy (non-hydrogen) atoms. The number of fused-ring (bicyclic) bond motifs is 1. The number of benzene rings is 2. The molecule has 2 nitrogen and oxygen atoms in total. The maximum Gasteiger partial charge on any atom is 0.0867 e. The maximum absolute atomic E-state index is 5.92. The molecular weight excluding hydrogens is 234 g/mol. The molecule has 1 aliphatic heterocycles. The van der Waals surface area contributed by atoms with Crippen LogP contribution in [0.3, 0.4) is 0 Å². The zero-order valence-corrected chi connectivity index (χ0v) is 11.2. The van der Waals surface area contributed by atoms with Gasteiger partial charge in [0.25, 0.3) is 0 Å². The summed E-state index contributed by atoms with van der Waals surface area (Å²) in [5.41, 5.74) is 3.79. The van der Waals surface area contributed by atoms with Gasteiger partial charge >= 0.3 is 0 Å². The van der Waals surface area contributed by atoms with Crippen LogP contribution in [0.5, 0.6) is 0 Å². The molecule has 2 aromatic rings. The van der Waals surface area contributed by atoms with Gasteiger partial charge in [-0.3, -0.25) is 0 Å². The fourth-order valence-corrected chi connectivity index (χ4v) is 2.76. The molecule has 0 aromatic heterocycles. The standard InChI is InChI=1S/C17H19NO/c1-2-19-17-12-16(13-8-4-3-5-9-13)18-15-11-7-6-10-14(15)17/h3-11,16-18H,2,12H2,1H3/t16-,17?/m1/s1. The van der Waals surface area contributed by atoms with Crippen LogP contribution in [0.4, 0.5) is 5.69 Å². The van der Waals surface area contributed by atoms with Crippen molar-refractivity contribution in [2.75, 3.05) is 11.9 Å². The minimum absolute atomic E-state index is 0.188. The predicted molar refractivity (Wildman–Crippen MR) is 78.2 cm³/mol. The maximum atomic E-state index is 5.92. The molecule has 0 radical (unpaired) electrons. The first-order valence-corrected chi connectivity index (χ1v) is 6.90. The van der Waals surface area contributed by atoms with Crippen LogP contribution in [0.1, 0.15) is 36.6 Å². The van der Waals surface area contributed by atoms with Crippen molar-refractivity contribution in [1.29, 1.82) is 0 Å². The summed E-state index contributed by atoms with van der Waals surface area (Å²) in [5.74, 6) is 0. The lowest BCUT2D eigenvalue weighted by Gasteiger charge is -2.33. The molecule has 0 bridgehead atoms. The Morgan fingerprint density at radius 3 is 2.58 bits per heavy atom. The average molecular weight is 253 g/mol. The lowest BCUT2D eigenvalue weighted by molar-refractivity contribution is 0.0499. The van der Waals surface area contributed by atoms with Crippen LogP contribution in [-0.4, -0.2) is 6.61 Å². The summed E-state index contributed by atoms with van der Waals surface area (Å²) in [7, 11) is 0. The highest BCUT2D eigenvalue weighted by molar-refractivity contribution is 5.56. The van der Waals surface area contributed by atoms with Crippen LogP contribution < -0.4 is 5.32 Å². The number of hydrogen-bond acceptors (Lipinski definition) is 2. The average Bonchev–Trinajstić information content (AvgIpc) is 2.48. The van der Waals surface area contributed by atoms with Crippen molar-refractivity contribution in [2.24, 2.45) is 0 Å². The third-order valence-electron chi connectivity index (χ3n) is 3.66. The van der Waals surface area contributed by atoms with Crippen molar-refractivity contribution in [3.8, 4) is 0 Å². The Hall–Kier alpha value is -1.80. The molecule has 0 fully saturated rings. The predicted octanol–water partition coefficient (Wildman–Crippen LogP) is 4.32. The van der Waals surface area contributed by atoms with E-state index in [2.05, 4.69) is 66.8 Å². The third kappa shape index (κ3) is 2.49. The fraction of sp³-hybridized carbons (Fsp3) is 0.294. The zero-order chi connectivity index (χ0) is 13.1. The van der Waals surface area contributed by atoms with E-state index < -0.39 is 0 Å². The summed E-state index contributed by atoms with van der Waals surface area (Å²) in [6.45, 7) is 2.81. The van der Waals surface area contributed by atoms with E-state index in [-0.39, 0.29) is 6.10 Å². The van der Waals surface area contributed by atoms with Gasteiger partial charge in [-0.15, -0.1) is 0 Å². The van der Waals surface area contributed by atoms with Crippen LogP contribution >= 0.6 is 0 Å². The number of nitrogens with one attached hydrogen (secondary N) is 1. The minimum Gasteiger partial charge on any atom is -0.378 e. The van der Waals surface area contributed by atoms with E-state index in [0.29, 0.717) is 6.04 Å². The van der Waals surface area contributed by atoms with E-state index in [4.69, 9.17) is 4.74 Å². The lowest BCUT2D eigenvalue weighted by Crippen LogP contribution is -2.23. The van der Waals surface area contributed by atoms with Gasteiger partial charge in [0, 0.05) is 24.3 Å². The second-order valence-corrected chi connectivity index (χ2v) is 4.87. The van der Waals surface area contributed by atoms with Gasteiger partial charge in [0.1, 0.15) is 0 Å². The number of ether oxygens (including phenoxy) is 1. The minimum atomic E-state index is 0.188. The second kappa shape index (κ2) is 5.45. The summed E-state index contributed by atoms with van der Waals surface area (Å²) >= 11 is 0.